The highest BCUT2D eigenvalue weighted by molar-refractivity contribution is 7.80. The number of rotatable bonds is 5. The Kier molecular flexibility index (Phi) is 5.66. The smallest absolute Gasteiger partial charge is 0.224 e. The van der Waals surface area contributed by atoms with Crippen molar-refractivity contribution in [3.05, 3.63) is 12.3 Å². The van der Waals surface area contributed by atoms with Crippen molar-refractivity contribution in [1.29, 1.82) is 0 Å². The van der Waals surface area contributed by atoms with Crippen LogP contribution in [0.25, 0.3) is 0 Å². The van der Waals surface area contributed by atoms with Crippen LogP contribution in [0.4, 0.5) is 11.8 Å². The van der Waals surface area contributed by atoms with Gasteiger partial charge in [-0.25, -0.2) is 4.98 Å². The van der Waals surface area contributed by atoms with Crippen LogP contribution in [0.15, 0.2) is 12.3 Å². The SMILES string of the molecule is CN(C)c1ccnc(NC2CCC(NC(=S)NC3CC4CCC3C4)CC2)n1. The second-order valence-electron chi connectivity index (χ2n) is 8.72. The molecule has 4 rings (SSSR count). The third kappa shape index (κ3) is 4.62. The number of anilines is 2. The minimum Gasteiger partial charge on any atom is -0.363 e. The van der Waals surface area contributed by atoms with Gasteiger partial charge in [-0.05, 0) is 75.1 Å². The summed E-state index contributed by atoms with van der Waals surface area (Å²) in [6, 6.07) is 3.46. The van der Waals surface area contributed by atoms with Crippen LogP contribution in [-0.2, 0) is 0 Å². The van der Waals surface area contributed by atoms with Gasteiger partial charge in [0.15, 0.2) is 5.11 Å². The molecule has 1 aromatic rings. The molecule has 3 unspecified atom stereocenters. The van der Waals surface area contributed by atoms with Gasteiger partial charge < -0.3 is 20.9 Å². The van der Waals surface area contributed by atoms with Crippen LogP contribution in [-0.4, -0.2) is 47.3 Å². The van der Waals surface area contributed by atoms with Crippen LogP contribution < -0.4 is 20.9 Å². The fourth-order valence-electron chi connectivity index (χ4n) is 5.05. The van der Waals surface area contributed by atoms with Crippen LogP contribution in [0.2, 0.25) is 0 Å². The molecule has 7 heteroatoms. The highest BCUT2D eigenvalue weighted by atomic mass is 32.1. The maximum atomic E-state index is 5.60. The van der Waals surface area contributed by atoms with E-state index in [1.807, 2.05) is 31.3 Å². The third-order valence-corrected chi connectivity index (χ3v) is 6.78. The van der Waals surface area contributed by atoms with Crippen molar-refractivity contribution in [3.8, 4) is 0 Å². The van der Waals surface area contributed by atoms with Gasteiger partial charge in [0.25, 0.3) is 0 Å². The van der Waals surface area contributed by atoms with Gasteiger partial charge in [0.05, 0.1) is 0 Å². The largest absolute Gasteiger partial charge is 0.363 e. The second kappa shape index (κ2) is 8.17. The highest BCUT2D eigenvalue weighted by Gasteiger charge is 2.39. The first-order valence-corrected chi connectivity index (χ1v) is 10.8. The van der Waals surface area contributed by atoms with E-state index in [0.29, 0.717) is 18.1 Å². The predicted molar refractivity (Wildman–Crippen MR) is 114 cm³/mol. The van der Waals surface area contributed by atoms with Crippen molar-refractivity contribution in [2.75, 3.05) is 24.3 Å². The Balaban J connectivity index is 1.20. The first kappa shape index (κ1) is 18.7. The lowest BCUT2D eigenvalue weighted by Crippen LogP contribution is -2.49. The number of thiocarbonyl (C=S) groups is 1. The molecule has 1 heterocycles. The lowest BCUT2D eigenvalue weighted by atomic mass is 9.91. The summed E-state index contributed by atoms with van der Waals surface area (Å²) in [4.78, 5) is 10.9. The minimum atomic E-state index is 0.438. The number of hydrogen-bond donors (Lipinski definition) is 3. The molecule has 0 spiro atoms. The van der Waals surface area contributed by atoms with Gasteiger partial charge in [-0.2, -0.15) is 4.98 Å². The first-order valence-electron chi connectivity index (χ1n) is 10.4. The van der Waals surface area contributed by atoms with E-state index in [9.17, 15) is 0 Å². The van der Waals surface area contributed by atoms with Gasteiger partial charge in [-0.3, -0.25) is 0 Å². The molecule has 0 aliphatic heterocycles. The third-order valence-electron chi connectivity index (χ3n) is 6.55. The normalized spacial score (nSPS) is 32.1. The van der Waals surface area contributed by atoms with E-state index >= 15 is 0 Å². The maximum absolute atomic E-state index is 5.60. The zero-order valence-corrected chi connectivity index (χ0v) is 17.3. The van der Waals surface area contributed by atoms with Crippen LogP contribution in [0.5, 0.6) is 0 Å². The van der Waals surface area contributed by atoms with Crippen molar-refractivity contribution < 1.29 is 0 Å². The Hall–Kier alpha value is -1.63. The van der Waals surface area contributed by atoms with Crippen molar-refractivity contribution in [1.82, 2.24) is 20.6 Å². The minimum absolute atomic E-state index is 0.438. The number of aromatic nitrogens is 2. The molecule has 3 fully saturated rings. The molecule has 0 amide bonds. The Morgan fingerprint density at radius 3 is 2.48 bits per heavy atom. The molecule has 2 bridgehead atoms. The van der Waals surface area contributed by atoms with Crippen LogP contribution in [0.3, 0.4) is 0 Å². The van der Waals surface area contributed by atoms with Crippen LogP contribution in [0.1, 0.15) is 51.4 Å². The maximum Gasteiger partial charge on any atom is 0.224 e. The molecule has 3 aliphatic rings. The van der Waals surface area contributed by atoms with Gasteiger partial charge >= 0.3 is 0 Å². The Bertz CT molecular complexity index is 658. The summed E-state index contributed by atoms with van der Waals surface area (Å²) in [7, 11) is 3.99. The molecule has 0 aromatic carbocycles. The molecule has 27 heavy (non-hydrogen) atoms. The molecular formula is C20H32N6S. The standard InChI is InChI=1S/C20H32N6S/c1-26(2)18-9-10-21-19(25-18)22-15-5-7-16(8-6-15)23-20(27)24-17-12-13-3-4-14(17)11-13/h9-10,13-17H,3-8,11-12H2,1-2H3,(H,21,22,25)(H2,23,24,27). The molecule has 3 saturated carbocycles. The summed E-state index contributed by atoms with van der Waals surface area (Å²) in [5.74, 6) is 3.46. The molecular weight excluding hydrogens is 356 g/mol. The zero-order chi connectivity index (χ0) is 18.8. The summed E-state index contributed by atoms with van der Waals surface area (Å²) in [6.07, 6.45) is 11.8. The summed E-state index contributed by atoms with van der Waals surface area (Å²) in [5, 5.41) is 11.5. The van der Waals surface area contributed by atoms with E-state index in [-0.39, 0.29) is 0 Å². The van der Waals surface area contributed by atoms with E-state index in [4.69, 9.17) is 12.2 Å². The fraction of sp³-hybridized carbons (Fsp3) is 0.750. The lowest BCUT2D eigenvalue weighted by Gasteiger charge is -2.32. The predicted octanol–water partition coefficient (Wildman–Crippen LogP) is 2.92. The lowest BCUT2D eigenvalue weighted by molar-refractivity contribution is 0.369. The van der Waals surface area contributed by atoms with Crippen molar-refractivity contribution >= 4 is 29.1 Å². The topological polar surface area (TPSA) is 65.1 Å². The van der Waals surface area contributed by atoms with Gasteiger partial charge in [0.1, 0.15) is 5.82 Å². The monoisotopic (exact) mass is 388 g/mol. The number of nitrogens with one attached hydrogen (secondary N) is 3. The summed E-state index contributed by atoms with van der Waals surface area (Å²) >= 11 is 5.60. The van der Waals surface area contributed by atoms with Crippen LogP contribution >= 0.6 is 12.2 Å². The molecule has 6 nitrogen and oxygen atoms in total. The van der Waals surface area contributed by atoms with Gasteiger partial charge in [0.2, 0.25) is 5.95 Å². The summed E-state index contributed by atoms with van der Waals surface area (Å²) < 4.78 is 0. The first-order chi connectivity index (χ1) is 13.1. The van der Waals surface area contributed by atoms with Crippen molar-refractivity contribution in [3.63, 3.8) is 0 Å². The zero-order valence-electron chi connectivity index (χ0n) is 16.4. The fourth-order valence-corrected chi connectivity index (χ4v) is 5.37. The van der Waals surface area contributed by atoms with E-state index < -0.39 is 0 Å². The van der Waals surface area contributed by atoms with E-state index in [2.05, 4.69) is 25.9 Å². The molecule has 3 aliphatic carbocycles. The Labute approximate surface area is 167 Å². The molecule has 3 atom stereocenters. The Morgan fingerprint density at radius 1 is 1.04 bits per heavy atom. The molecule has 0 radical (unpaired) electrons. The summed E-state index contributed by atoms with van der Waals surface area (Å²) in [6.45, 7) is 0. The average molecular weight is 389 g/mol. The molecule has 3 N–H and O–H groups in total. The average Bonchev–Trinajstić information content (AvgIpc) is 3.26. The van der Waals surface area contributed by atoms with E-state index in [1.54, 1.807) is 0 Å². The molecule has 0 saturated heterocycles. The molecule has 148 valence electrons. The van der Waals surface area contributed by atoms with Gasteiger partial charge in [0, 0.05) is 38.4 Å². The number of fused-ring (bicyclic) bond motifs is 2. The number of nitrogens with zero attached hydrogens (tertiary/aromatic N) is 3. The Morgan fingerprint density at radius 2 is 1.81 bits per heavy atom. The van der Waals surface area contributed by atoms with E-state index in [0.717, 1.165) is 54.4 Å². The second-order valence-corrected chi connectivity index (χ2v) is 9.13. The van der Waals surface area contributed by atoms with E-state index in [1.165, 1.54) is 25.7 Å². The highest BCUT2D eigenvalue weighted by Crippen LogP contribution is 2.44. The summed E-state index contributed by atoms with van der Waals surface area (Å²) in [5.41, 5.74) is 0. The van der Waals surface area contributed by atoms with Gasteiger partial charge in [-0.1, -0.05) is 6.42 Å². The molecule has 1 aromatic heterocycles. The van der Waals surface area contributed by atoms with Gasteiger partial charge in [-0.15, -0.1) is 0 Å². The quantitative estimate of drug-likeness (QED) is 0.670. The van der Waals surface area contributed by atoms with Crippen molar-refractivity contribution in [2.24, 2.45) is 11.8 Å². The number of hydrogen-bond acceptors (Lipinski definition) is 5. The van der Waals surface area contributed by atoms with Crippen LogP contribution in [0, 0.1) is 11.8 Å². The van der Waals surface area contributed by atoms with Crippen molar-refractivity contribution in [2.45, 2.75) is 69.5 Å².